The molecule has 3 rings (SSSR count). The largest absolute Gasteiger partial charge is 0.485 e. The molecule has 2 N–H and O–H groups in total. The highest BCUT2D eigenvalue weighted by atomic mass is 19.1. The Labute approximate surface area is 193 Å². The molecule has 0 radical (unpaired) electrons. The van der Waals surface area contributed by atoms with Gasteiger partial charge in [-0.25, -0.2) is 19.2 Å². The van der Waals surface area contributed by atoms with E-state index in [2.05, 4.69) is 22.8 Å². The van der Waals surface area contributed by atoms with Crippen LogP contribution in [-0.4, -0.2) is 21.3 Å². The molecular weight excluding hydrogens is 426 g/mol. The molecule has 1 unspecified atom stereocenters. The Morgan fingerprint density at radius 2 is 1.91 bits per heavy atom. The zero-order valence-electron chi connectivity index (χ0n) is 19.7. The van der Waals surface area contributed by atoms with Gasteiger partial charge >= 0.3 is 0 Å². The molecule has 1 atom stereocenters. The minimum Gasteiger partial charge on any atom is -0.485 e. The number of hydrogen-bond donors (Lipinski definition) is 2. The second-order valence-corrected chi connectivity index (χ2v) is 8.46. The number of nitrogens with one attached hydrogen (secondary N) is 2. The second kappa shape index (κ2) is 11.2. The number of amides is 1. The van der Waals surface area contributed by atoms with E-state index in [4.69, 9.17) is 4.74 Å². The van der Waals surface area contributed by atoms with E-state index in [1.54, 1.807) is 23.6 Å². The normalized spacial score (nSPS) is 12.2. The molecule has 0 fully saturated rings. The number of halogens is 2. The van der Waals surface area contributed by atoms with Crippen LogP contribution in [0.5, 0.6) is 5.75 Å². The van der Waals surface area contributed by atoms with Crippen LogP contribution in [0.1, 0.15) is 73.3 Å². The highest BCUT2D eigenvalue weighted by molar-refractivity contribution is 5.94. The summed E-state index contributed by atoms with van der Waals surface area (Å²) in [4.78, 5) is 17.4. The van der Waals surface area contributed by atoms with Gasteiger partial charge in [-0.3, -0.25) is 14.6 Å². The molecule has 6 nitrogen and oxygen atoms in total. The molecule has 0 aliphatic rings. The summed E-state index contributed by atoms with van der Waals surface area (Å²) in [6.07, 6.45) is 7.45. The van der Waals surface area contributed by atoms with Crippen LogP contribution in [0.15, 0.2) is 30.5 Å². The van der Waals surface area contributed by atoms with Gasteiger partial charge in [-0.15, -0.1) is 0 Å². The van der Waals surface area contributed by atoms with Crippen molar-refractivity contribution in [2.24, 2.45) is 0 Å². The molecule has 178 valence electrons. The van der Waals surface area contributed by atoms with E-state index in [9.17, 15) is 13.6 Å². The minimum absolute atomic E-state index is 0.140. The third-order valence-electron chi connectivity index (χ3n) is 5.57. The first-order chi connectivity index (χ1) is 15.8. The first kappa shape index (κ1) is 24.6. The predicted octanol–water partition coefficient (Wildman–Crippen LogP) is 5.40. The zero-order valence-corrected chi connectivity index (χ0v) is 19.7. The number of aromatic nitrogens is 2. The Kier molecular flexibility index (Phi) is 8.38. The van der Waals surface area contributed by atoms with Crippen molar-refractivity contribution in [1.82, 2.24) is 20.2 Å². The van der Waals surface area contributed by atoms with Gasteiger partial charge in [-0.2, -0.15) is 0 Å². The van der Waals surface area contributed by atoms with Gasteiger partial charge in [0.05, 0.1) is 11.3 Å². The number of hydrogen-bond acceptors (Lipinski definition) is 4. The molecule has 0 aliphatic heterocycles. The van der Waals surface area contributed by atoms with Crippen molar-refractivity contribution in [2.75, 3.05) is 0 Å². The number of benzene rings is 1. The molecule has 33 heavy (non-hydrogen) atoms. The number of rotatable bonds is 11. The molecule has 0 saturated heterocycles. The van der Waals surface area contributed by atoms with E-state index in [1.165, 1.54) is 37.5 Å². The van der Waals surface area contributed by atoms with Gasteiger partial charge in [0.1, 0.15) is 23.9 Å². The third-order valence-corrected chi connectivity index (χ3v) is 5.57. The van der Waals surface area contributed by atoms with Crippen LogP contribution >= 0.6 is 0 Å². The molecule has 0 saturated carbocycles. The van der Waals surface area contributed by atoms with E-state index in [0.717, 1.165) is 18.4 Å². The lowest BCUT2D eigenvalue weighted by atomic mass is 10.1. The van der Waals surface area contributed by atoms with Crippen LogP contribution in [0, 0.1) is 25.5 Å². The minimum atomic E-state index is -0.673. The Morgan fingerprint density at radius 1 is 1.18 bits per heavy atom. The van der Waals surface area contributed by atoms with Crippen LogP contribution in [0.4, 0.5) is 8.78 Å². The Bertz CT molecular complexity index is 1090. The monoisotopic (exact) mass is 458 g/mol. The fourth-order valence-corrected chi connectivity index (χ4v) is 3.76. The Hall–Kier alpha value is -3.00. The molecule has 1 aromatic carbocycles. The highest BCUT2D eigenvalue weighted by Crippen LogP contribution is 2.26. The topological polar surface area (TPSA) is 67.7 Å². The van der Waals surface area contributed by atoms with Crippen molar-refractivity contribution in [3.05, 3.63) is 64.6 Å². The van der Waals surface area contributed by atoms with Gasteiger partial charge in [-0.1, -0.05) is 38.7 Å². The fraction of sp³-hybridized carbons (Fsp3) is 0.440. The summed E-state index contributed by atoms with van der Waals surface area (Å²) >= 11 is 0. The van der Waals surface area contributed by atoms with Crippen LogP contribution in [0.2, 0.25) is 0 Å². The van der Waals surface area contributed by atoms with Crippen LogP contribution in [0.3, 0.4) is 0 Å². The lowest BCUT2D eigenvalue weighted by Gasteiger charge is -2.15. The van der Waals surface area contributed by atoms with E-state index in [-0.39, 0.29) is 24.1 Å². The summed E-state index contributed by atoms with van der Waals surface area (Å²) in [6.45, 7) is 7.51. The molecule has 1 amide bonds. The molecular formula is C25H32F2N4O2. The quantitative estimate of drug-likeness (QED) is 0.298. The average Bonchev–Trinajstić information content (AvgIpc) is 3.10. The van der Waals surface area contributed by atoms with Crippen molar-refractivity contribution in [1.29, 1.82) is 0 Å². The summed E-state index contributed by atoms with van der Waals surface area (Å²) in [7, 11) is 0. The number of unbranched alkanes of at least 4 members (excludes halogenated alkanes) is 3. The third kappa shape index (κ3) is 6.07. The number of ether oxygens (including phenoxy) is 1. The maximum Gasteiger partial charge on any atom is 0.284 e. The molecule has 3 aromatic rings. The van der Waals surface area contributed by atoms with Crippen molar-refractivity contribution >= 4 is 11.6 Å². The maximum absolute atomic E-state index is 14.0. The van der Waals surface area contributed by atoms with Gasteiger partial charge < -0.3 is 4.74 Å². The number of carbonyl (C=O) groups excluding carboxylic acids is 1. The number of imidazole rings is 1. The SMILES string of the molecule is CCCCCCC(C)NNC(=O)c1c(C)nc2c(OCc3c(F)cccc3F)cc(C)cn12. The van der Waals surface area contributed by atoms with Gasteiger partial charge in [0, 0.05) is 12.2 Å². The number of nitrogens with zero attached hydrogens (tertiary/aromatic N) is 2. The molecule has 8 heteroatoms. The van der Waals surface area contributed by atoms with Crippen molar-refractivity contribution in [3.63, 3.8) is 0 Å². The number of hydrazine groups is 1. The first-order valence-corrected chi connectivity index (χ1v) is 11.4. The summed E-state index contributed by atoms with van der Waals surface area (Å²) < 4.78 is 35.4. The van der Waals surface area contributed by atoms with Gasteiger partial charge in [0.2, 0.25) is 0 Å². The standard InChI is InChI=1S/C25H32F2N4O2/c1-5-6-7-8-10-17(3)29-30-25(32)23-18(4)28-24-22(13-16(2)14-31(23)24)33-15-19-20(26)11-9-12-21(19)27/h9,11-14,17,29H,5-8,10,15H2,1-4H3,(H,30,32). The van der Waals surface area contributed by atoms with Crippen molar-refractivity contribution < 1.29 is 18.3 Å². The highest BCUT2D eigenvalue weighted by Gasteiger charge is 2.20. The smallest absolute Gasteiger partial charge is 0.284 e. The maximum atomic E-state index is 14.0. The van der Waals surface area contributed by atoms with Crippen LogP contribution < -0.4 is 15.6 Å². The van der Waals surface area contributed by atoms with Gasteiger partial charge in [0.25, 0.3) is 5.91 Å². The summed E-state index contributed by atoms with van der Waals surface area (Å²) in [5, 5.41) is 0. The number of pyridine rings is 1. The first-order valence-electron chi connectivity index (χ1n) is 11.4. The van der Waals surface area contributed by atoms with Gasteiger partial charge in [-0.05, 0) is 51.0 Å². The van der Waals surface area contributed by atoms with E-state index in [1.807, 2.05) is 13.8 Å². The fourth-order valence-electron chi connectivity index (χ4n) is 3.76. The lowest BCUT2D eigenvalue weighted by molar-refractivity contribution is 0.0918. The van der Waals surface area contributed by atoms with Crippen molar-refractivity contribution in [3.8, 4) is 5.75 Å². The summed E-state index contributed by atoms with van der Waals surface area (Å²) in [6, 6.07) is 5.56. The summed E-state index contributed by atoms with van der Waals surface area (Å²) in [5.41, 5.74) is 7.82. The van der Waals surface area contributed by atoms with Crippen LogP contribution in [-0.2, 0) is 6.61 Å². The van der Waals surface area contributed by atoms with E-state index >= 15 is 0 Å². The lowest BCUT2D eigenvalue weighted by Crippen LogP contribution is -2.43. The molecule has 0 aliphatic carbocycles. The summed E-state index contributed by atoms with van der Waals surface area (Å²) in [5.74, 6) is -1.31. The predicted molar refractivity (Wildman–Crippen MR) is 124 cm³/mol. The number of aryl methyl sites for hydroxylation is 2. The molecule has 0 spiro atoms. The van der Waals surface area contributed by atoms with E-state index in [0.29, 0.717) is 22.8 Å². The number of fused-ring (bicyclic) bond motifs is 1. The van der Waals surface area contributed by atoms with E-state index < -0.39 is 11.6 Å². The molecule has 2 aromatic heterocycles. The van der Waals surface area contributed by atoms with Gasteiger partial charge in [0.15, 0.2) is 11.4 Å². The van der Waals surface area contributed by atoms with Crippen LogP contribution in [0.25, 0.3) is 5.65 Å². The average molecular weight is 459 g/mol. The Morgan fingerprint density at radius 3 is 2.61 bits per heavy atom. The molecule has 2 heterocycles. The second-order valence-electron chi connectivity index (χ2n) is 8.46. The molecule has 0 bridgehead atoms. The Balaban J connectivity index is 1.76. The number of carbonyl (C=O) groups is 1. The zero-order chi connectivity index (χ0) is 24.0. The van der Waals surface area contributed by atoms with Crippen molar-refractivity contribution in [2.45, 2.75) is 72.4 Å².